The minimum Gasteiger partial charge on any atom is -0.208 e. The first-order chi connectivity index (χ1) is 5.24. The molecular formula is C7H4ClFN2. The standard InChI is InChI=1S/C7H4ClFN2/c8-6-2-1-5(3-4-10)7(9)11-6/h1-2H,3H2. The molecule has 1 heterocycles. The fourth-order valence-electron chi connectivity index (χ4n) is 0.658. The van der Waals surface area contributed by atoms with Gasteiger partial charge in [0.2, 0.25) is 5.95 Å². The third-order valence-electron chi connectivity index (χ3n) is 1.16. The fraction of sp³-hybridized carbons (Fsp3) is 0.143. The SMILES string of the molecule is N#CCc1ccc(Cl)nc1F. The van der Waals surface area contributed by atoms with Crippen molar-refractivity contribution in [2.75, 3.05) is 0 Å². The molecule has 1 aromatic rings. The minimum atomic E-state index is -0.668. The van der Waals surface area contributed by atoms with Crippen LogP contribution in [0, 0.1) is 17.3 Å². The number of nitrogens with zero attached hydrogens (tertiary/aromatic N) is 2. The maximum absolute atomic E-state index is 12.7. The molecule has 0 aromatic carbocycles. The summed E-state index contributed by atoms with van der Waals surface area (Å²) in [7, 11) is 0. The molecule has 2 nitrogen and oxygen atoms in total. The molecule has 0 radical (unpaired) electrons. The van der Waals surface area contributed by atoms with Crippen molar-refractivity contribution < 1.29 is 4.39 Å². The van der Waals surface area contributed by atoms with Crippen LogP contribution in [0.1, 0.15) is 5.56 Å². The maximum Gasteiger partial charge on any atom is 0.218 e. The lowest BCUT2D eigenvalue weighted by Gasteiger charge is -1.95. The van der Waals surface area contributed by atoms with Gasteiger partial charge in [-0.05, 0) is 6.07 Å². The molecule has 0 spiro atoms. The topological polar surface area (TPSA) is 36.7 Å². The van der Waals surface area contributed by atoms with Gasteiger partial charge in [0.05, 0.1) is 12.5 Å². The summed E-state index contributed by atoms with van der Waals surface area (Å²) in [4.78, 5) is 3.34. The smallest absolute Gasteiger partial charge is 0.208 e. The van der Waals surface area contributed by atoms with Gasteiger partial charge in [-0.1, -0.05) is 17.7 Å². The number of rotatable bonds is 1. The second kappa shape index (κ2) is 3.31. The Balaban J connectivity index is 3.01. The predicted molar refractivity (Wildman–Crippen MR) is 38.5 cm³/mol. The molecule has 1 rings (SSSR count). The van der Waals surface area contributed by atoms with Crippen LogP contribution in [0.25, 0.3) is 0 Å². The molecule has 56 valence electrons. The minimum absolute atomic E-state index is 0.0238. The van der Waals surface area contributed by atoms with E-state index in [4.69, 9.17) is 16.9 Å². The highest BCUT2D eigenvalue weighted by atomic mass is 35.5. The van der Waals surface area contributed by atoms with E-state index in [9.17, 15) is 4.39 Å². The molecular weight excluding hydrogens is 167 g/mol. The molecule has 0 atom stereocenters. The Morgan fingerprint density at radius 2 is 2.36 bits per heavy atom. The van der Waals surface area contributed by atoms with Gasteiger partial charge in [0, 0.05) is 5.56 Å². The quantitative estimate of drug-likeness (QED) is 0.604. The Kier molecular flexibility index (Phi) is 2.40. The lowest BCUT2D eigenvalue weighted by molar-refractivity contribution is 0.571. The normalized spacial score (nSPS) is 9.18. The molecule has 0 aliphatic rings. The number of hydrogen-bond donors (Lipinski definition) is 0. The summed E-state index contributed by atoms with van der Waals surface area (Å²) >= 11 is 5.38. The molecule has 0 saturated carbocycles. The highest BCUT2D eigenvalue weighted by Gasteiger charge is 2.02. The van der Waals surface area contributed by atoms with Crippen LogP contribution < -0.4 is 0 Å². The second-order valence-electron chi connectivity index (χ2n) is 1.92. The summed E-state index contributed by atoms with van der Waals surface area (Å²) < 4.78 is 12.7. The largest absolute Gasteiger partial charge is 0.218 e. The van der Waals surface area contributed by atoms with E-state index in [0.717, 1.165) is 0 Å². The lowest BCUT2D eigenvalue weighted by atomic mass is 10.2. The highest BCUT2D eigenvalue weighted by Crippen LogP contribution is 2.09. The number of aromatic nitrogens is 1. The summed E-state index contributed by atoms with van der Waals surface area (Å²) in [6.45, 7) is 0. The monoisotopic (exact) mass is 170 g/mol. The number of pyridine rings is 1. The average Bonchev–Trinajstić information content (AvgIpc) is 1.95. The van der Waals surface area contributed by atoms with Crippen LogP contribution in [-0.4, -0.2) is 4.98 Å². The number of hydrogen-bond acceptors (Lipinski definition) is 2. The van der Waals surface area contributed by atoms with Crippen molar-refractivity contribution in [3.63, 3.8) is 0 Å². The van der Waals surface area contributed by atoms with Gasteiger partial charge < -0.3 is 0 Å². The Bertz CT molecular complexity index is 306. The first-order valence-corrected chi connectivity index (χ1v) is 3.29. The molecule has 0 saturated heterocycles. The average molecular weight is 171 g/mol. The van der Waals surface area contributed by atoms with Crippen LogP contribution in [0.2, 0.25) is 5.15 Å². The summed E-state index contributed by atoms with van der Waals surface area (Å²) in [5.41, 5.74) is 0.275. The zero-order valence-electron chi connectivity index (χ0n) is 5.51. The van der Waals surface area contributed by atoms with Crippen molar-refractivity contribution in [3.05, 3.63) is 28.8 Å². The molecule has 1 aromatic heterocycles. The fourth-order valence-corrected chi connectivity index (χ4v) is 0.795. The maximum atomic E-state index is 12.7. The second-order valence-corrected chi connectivity index (χ2v) is 2.31. The van der Waals surface area contributed by atoms with Crippen molar-refractivity contribution in [3.8, 4) is 6.07 Å². The van der Waals surface area contributed by atoms with E-state index < -0.39 is 5.95 Å². The molecule has 0 aliphatic carbocycles. The molecule has 0 amide bonds. The van der Waals surface area contributed by atoms with Gasteiger partial charge in [-0.3, -0.25) is 0 Å². The van der Waals surface area contributed by atoms with Crippen LogP contribution in [0.5, 0.6) is 0 Å². The van der Waals surface area contributed by atoms with E-state index in [-0.39, 0.29) is 17.1 Å². The molecule has 0 N–H and O–H groups in total. The Hall–Kier alpha value is -1.14. The van der Waals surface area contributed by atoms with Crippen LogP contribution >= 0.6 is 11.6 Å². The van der Waals surface area contributed by atoms with E-state index >= 15 is 0 Å². The van der Waals surface area contributed by atoms with Crippen LogP contribution in [0.4, 0.5) is 4.39 Å². The molecule has 0 fully saturated rings. The van der Waals surface area contributed by atoms with E-state index in [2.05, 4.69) is 4.98 Å². The van der Waals surface area contributed by atoms with Crippen molar-refractivity contribution in [2.45, 2.75) is 6.42 Å². The third kappa shape index (κ3) is 1.89. The summed E-state index contributed by atoms with van der Waals surface area (Å²) in [5, 5.41) is 8.34. The Labute approximate surface area is 68.2 Å². The summed E-state index contributed by atoms with van der Waals surface area (Å²) in [6.07, 6.45) is 0.0238. The van der Waals surface area contributed by atoms with E-state index in [1.54, 1.807) is 0 Å². The molecule has 0 unspecified atom stereocenters. The number of halogens is 2. The van der Waals surface area contributed by atoms with E-state index in [0.29, 0.717) is 0 Å². The van der Waals surface area contributed by atoms with Crippen LogP contribution in [0.3, 0.4) is 0 Å². The zero-order valence-corrected chi connectivity index (χ0v) is 6.27. The number of nitriles is 1. The first-order valence-electron chi connectivity index (χ1n) is 2.92. The summed E-state index contributed by atoms with van der Waals surface area (Å²) in [6, 6.07) is 4.73. The Morgan fingerprint density at radius 1 is 1.64 bits per heavy atom. The van der Waals surface area contributed by atoms with Crippen molar-refractivity contribution in [1.29, 1.82) is 5.26 Å². The van der Waals surface area contributed by atoms with E-state index in [1.807, 2.05) is 6.07 Å². The Morgan fingerprint density at radius 3 is 2.91 bits per heavy atom. The van der Waals surface area contributed by atoms with Gasteiger partial charge in [0.25, 0.3) is 0 Å². The molecule has 4 heteroatoms. The predicted octanol–water partition coefficient (Wildman–Crippen LogP) is 1.94. The van der Waals surface area contributed by atoms with Gasteiger partial charge in [0.1, 0.15) is 5.15 Å². The summed E-state index contributed by atoms with van der Waals surface area (Å²) in [5.74, 6) is -0.668. The van der Waals surface area contributed by atoms with Gasteiger partial charge in [-0.2, -0.15) is 9.65 Å². The molecule has 11 heavy (non-hydrogen) atoms. The third-order valence-corrected chi connectivity index (χ3v) is 1.37. The van der Waals surface area contributed by atoms with Crippen LogP contribution in [-0.2, 0) is 6.42 Å². The van der Waals surface area contributed by atoms with Crippen molar-refractivity contribution in [2.24, 2.45) is 0 Å². The molecule has 0 bridgehead atoms. The van der Waals surface area contributed by atoms with Gasteiger partial charge in [-0.15, -0.1) is 0 Å². The van der Waals surface area contributed by atoms with Crippen molar-refractivity contribution in [1.82, 2.24) is 4.98 Å². The van der Waals surface area contributed by atoms with Crippen LogP contribution in [0.15, 0.2) is 12.1 Å². The first kappa shape index (κ1) is 7.96. The van der Waals surface area contributed by atoms with Gasteiger partial charge >= 0.3 is 0 Å². The zero-order chi connectivity index (χ0) is 8.27. The van der Waals surface area contributed by atoms with Crippen molar-refractivity contribution >= 4 is 11.6 Å². The highest BCUT2D eigenvalue weighted by molar-refractivity contribution is 6.29. The van der Waals surface area contributed by atoms with Gasteiger partial charge in [-0.25, -0.2) is 4.98 Å². The van der Waals surface area contributed by atoms with E-state index in [1.165, 1.54) is 12.1 Å². The molecule has 0 aliphatic heterocycles. The van der Waals surface area contributed by atoms with Gasteiger partial charge in [0.15, 0.2) is 0 Å². The lowest BCUT2D eigenvalue weighted by Crippen LogP contribution is -1.91.